The van der Waals surface area contributed by atoms with Gasteiger partial charge in [0.25, 0.3) is 0 Å². The third-order valence-corrected chi connectivity index (χ3v) is 3.80. The Labute approximate surface area is 127 Å². The summed E-state index contributed by atoms with van der Waals surface area (Å²) < 4.78 is 4.56. The Balaban J connectivity index is 2.39. The molecule has 0 heterocycles. The minimum Gasteiger partial charge on any atom is -0.469 e. The Bertz CT molecular complexity index is 516. The Hall–Kier alpha value is -2.02. The number of amides is 2. The van der Waals surface area contributed by atoms with Gasteiger partial charge >= 0.3 is 5.97 Å². The molecule has 3 N–H and O–H groups in total. The number of anilines is 1. The molecule has 0 spiro atoms. The number of benzene rings is 1. The molecule has 1 rings (SSSR count). The molecule has 2 amide bonds. The maximum absolute atomic E-state index is 11.8. The number of methoxy groups -OCH3 is 1. The highest BCUT2D eigenvalue weighted by Gasteiger charge is 2.12. The summed E-state index contributed by atoms with van der Waals surface area (Å²) >= 11 is 1.37. The first-order valence-electron chi connectivity index (χ1n) is 6.30. The van der Waals surface area contributed by atoms with E-state index in [1.54, 1.807) is 24.3 Å². The van der Waals surface area contributed by atoms with Crippen LogP contribution in [0.3, 0.4) is 0 Å². The second-order valence-corrected chi connectivity index (χ2v) is 5.82. The third kappa shape index (κ3) is 6.31. The lowest BCUT2D eigenvalue weighted by molar-refractivity contribution is -0.140. The molecular formula is C14H18N2O4S. The molecule has 21 heavy (non-hydrogen) atoms. The molecule has 0 aromatic heterocycles. The summed E-state index contributed by atoms with van der Waals surface area (Å²) in [5.41, 5.74) is 6.10. The van der Waals surface area contributed by atoms with E-state index in [2.05, 4.69) is 10.1 Å². The van der Waals surface area contributed by atoms with Gasteiger partial charge in [0.05, 0.1) is 19.3 Å². The molecule has 0 aliphatic rings. The Morgan fingerprint density at radius 1 is 1.29 bits per heavy atom. The molecule has 1 aromatic carbocycles. The number of ether oxygens (including phenoxy) is 1. The Kier molecular flexibility index (Phi) is 6.74. The van der Waals surface area contributed by atoms with E-state index in [1.165, 1.54) is 18.9 Å². The minimum absolute atomic E-state index is 0.000405. The zero-order valence-electron chi connectivity index (χ0n) is 11.9. The first-order valence-corrected chi connectivity index (χ1v) is 7.35. The average molecular weight is 310 g/mol. The summed E-state index contributed by atoms with van der Waals surface area (Å²) in [5, 5.41) is 2.70. The molecule has 0 aliphatic carbocycles. The summed E-state index contributed by atoms with van der Waals surface area (Å²) in [6.45, 7) is 1.86. The summed E-state index contributed by atoms with van der Waals surface area (Å²) in [6, 6.07) is 6.32. The summed E-state index contributed by atoms with van der Waals surface area (Å²) in [6.07, 6.45) is 0.266. The van der Waals surface area contributed by atoms with Crippen LogP contribution >= 0.6 is 11.8 Å². The Morgan fingerprint density at radius 3 is 2.43 bits per heavy atom. The van der Waals surface area contributed by atoms with Crippen LogP contribution in [0.5, 0.6) is 0 Å². The van der Waals surface area contributed by atoms with Gasteiger partial charge < -0.3 is 15.8 Å². The summed E-state index contributed by atoms with van der Waals surface area (Å²) in [5.74, 6) is -0.753. The molecule has 0 fully saturated rings. The molecule has 1 aromatic rings. The first kappa shape index (κ1) is 17.0. The second-order valence-electron chi connectivity index (χ2n) is 4.39. The molecule has 6 nitrogen and oxygen atoms in total. The number of carbonyl (C=O) groups is 3. The molecule has 0 saturated heterocycles. The molecule has 114 valence electrons. The molecule has 0 bridgehead atoms. The molecule has 7 heteroatoms. The van der Waals surface area contributed by atoms with E-state index >= 15 is 0 Å². The molecule has 1 unspecified atom stereocenters. The monoisotopic (exact) mass is 310 g/mol. The van der Waals surface area contributed by atoms with Gasteiger partial charge in [0.2, 0.25) is 11.8 Å². The highest BCUT2D eigenvalue weighted by molar-refractivity contribution is 8.00. The van der Waals surface area contributed by atoms with E-state index in [1.807, 2.05) is 6.92 Å². The number of nitrogens with one attached hydrogen (secondary N) is 1. The van der Waals surface area contributed by atoms with Crippen LogP contribution in [-0.4, -0.2) is 35.9 Å². The van der Waals surface area contributed by atoms with Crippen molar-refractivity contribution in [1.82, 2.24) is 0 Å². The quantitative estimate of drug-likeness (QED) is 0.742. The fourth-order valence-corrected chi connectivity index (χ4v) is 2.27. The van der Waals surface area contributed by atoms with Crippen molar-refractivity contribution in [2.24, 2.45) is 5.73 Å². The Morgan fingerprint density at radius 2 is 1.90 bits per heavy atom. The van der Waals surface area contributed by atoms with Gasteiger partial charge in [-0.1, -0.05) is 6.92 Å². The van der Waals surface area contributed by atoms with Crippen LogP contribution < -0.4 is 11.1 Å². The lowest BCUT2D eigenvalue weighted by atomic mass is 10.2. The third-order valence-electron chi connectivity index (χ3n) is 2.63. The van der Waals surface area contributed by atoms with Crippen LogP contribution in [0.15, 0.2) is 24.3 Å². The van der Waals surface area contributed by atoms with Crippen molar-refractivity contribution in [2.45, 2.75) is 18.6 Å². The zero-order valence-corrected chi connectivity index (χ0v) is 12.7. The van der Waals surface area contributed by atoms with Gasteiger partial charge in [-0.3, -0.25) is 14.4 Å². The number of rotatable bonds is 7. The van der Waals surface area contributed by atoms with E-state index in [-0.39, 0.29) is 29.3 Å². The number of nitrogens with two attached hydrogens (primary N) is 1. The smallest absolute Gasteiger partial charge is 0.306 e. The number of carbonyl (C=O) groups excluding carboxylic acids is 3. The van der Waals surface area contributed by atoms with Gasteiger partial charge in [-0.15, -0.1) is 11.8 Å². The van der Waals surface area contributed by atoms with Gasteiger partial charge in [0.1, 0.15) is 0 Å². The van der Waals surface area contributed by atoms with Gasteiger partial charge in [-0.2, -0.15) is 0 Å². The van der Waals surface area contributed by atoms with Gasteiger partial charge in [-0.05, 0) is 24.3 Å². The lowest BCUT2D eigenvalue weighted by Gasteiger charge is -2.10. The normalized spacial score (nSPS) is 11.5. The predicted molar refractivity (Wildman–Crippen MR) is 82.1 cm³/mol. The van der Waals surface area contributed by atoms with E-state index in [9.17, 15) is 14.4 Å². The summed E-state index contributed by atoms with van der Waals surface area (Å²) in [4.78, 5) is 33.7. The standard InChI is InChI=1S/C14H18N2O4S/c1-9(7-13(18)20-2)21-8-12(17)16-11-5-3-10(4-6-11)14(15)19/h3-6,9H,7-8H2,1-2H3,(H2,15,19)(H,16,17). The van der Waals surface area contributed by atoms with Crippen LogP contribution in [-0.2, 0) is 14.3 Å². The van der Waals surface area contributed by atoms with Crippen LogP contribution in [0.2, 0.25) is 0 Å². The fraction of sp³-hybridized carbons (Fsp3) is 0.357. The highest BCUT2D eigenvalue weighted by atomic mass is 32.2. The van der Waals surface area contributed by atoms with Crippen molar-refractivity contribution in [1.29, 1.82) is 0 Å². The predicted octanol–water partition coefficient (Wildman–Crippen LogP) is 1.41. The molecule has 0 aliphatic heterocycles. The molecule has 1 atom stereocenters. The minimum atomic E-state index is -0.514. The van der Waals surface area contributed by atoms with Crippen LogP contribution in [0, 0.1) is 0 Å². The zero-order chi connectivity index (χ0) is 15.8. The van der Waals surface area contributed by atoms with Crippen molar-refractivity contribution < 1.29 is 19.1 Å². The summed E-state index contributed by atoms with van der Waals surface area (Å²) in [7, 11) is 1.34. The number of esters is 1. The maximum Gasteiger partial charge on any atom is 0.306 e. The topological polar surface area (TPSA) is 98.5 Å². The fourth-order valence-electron chi connectivity index (χ4n) is 1.51. The van der Waals surface area contributed by atoms with Crippen molar-refractivity contribution >= 4 is 35.2 Å². The molecular weight excluding hydrogens is 292 g/mol. The van der Waals surface area contributed by atoms with Gasteiger partial charge in [0.15, 0.2) is 0 Å². The van der Waals surface area contributed by atoms with Crippen LogP contribution in [0.4, 0.5) is 5.69 Å². The molecule has 0 saturated carbocycles. The largest absolute Gasteiger partial charge is 0.469 e. The van der Waals surface area contributed by atoms with E-state index in [0.717, 1.165) is 0 Å². The second kappa shape index (κ2) is 8.31. The van der Waals surface area contributed by atoms with Crippen molar-refractivity contribution in [2.75, 3.05) is 18.2 Å². The van der Waals surface area contributed by atoms with Gasteiger partial charge in [0, 0.05) is 16.5 Å². The number of primary amides is 1. The maximum atomic E-state index is 11.8. The van der Waals surface area contributed by atoms with Crippen molar-refractivity contribution in [3.8, 4) is 0 Å². The van der Waals surface area contributed by atoms with Crippen LogP contribution in [0.1, 0.15) is 23.7 Å². The van der Waals surface area contributed by atoms with E-state index < -0.39 is 5.91 Å². The number of hydrogen-bond acceptors (Lipinski definition) is 5. The van der Waals surface area contributed by atoms with E-state index in [0.29, 0.717) is 11.3 Å². The first-order chi connectivity index (χ1) is 9.92. The highest BCUT2D eigenvalue weighted by Crippen LogP contribution is 2.15. The number of hydrogen-bond donors (Lipinski definition) is 2. The lowest BCUT2D eigenvalue weighted by Crippen LogP contribution is -2.17. The average Bonchev–Trinajstić information content (AvgIpc) is 2.45. The SMILES string of the molecule is COC(=O)CC(C)SCC(=O)Nc1ccc(C(N)=O)cc1. The van der Waals surface area contributed by atoms with E-state index in [4.69, 9.17) is 5.73 Å². The number of thioether (sulfide) groups is 1. The van der Waals surface area contributed by atoms with Crippen molar-refractivity contribution in [3.05, 3.63) is 29.8 Å². The molecule has 0 radical (unpaired) electrons. The van der Waals surface area contributed by atoms with Crippen LogP contribution in [0.25, 0.3) is 0 Å². The van der Waals surface area contributed by atoms with Gasteiger partial charge in [-0.25, -0.2) is 0 Å². The van der Waals surface area contributed by atoms with Crippen molar-refractivity contribution in [3.63, 3.8) is 0 Å².